The first-order valence-corrected chi connectivity index (χ1v) is 9.65. The molecule has 0 aliphatic heterocycles. The van der Waals surface area contributed by atoms with Crippen molar-refractivity contribution in [2.75, 3.05) is 0 Å². The van der Waals surface area contributed by atoms with E-state index < -0.39 is 0 Å². The summed E-state index contributed by atoms with van der Waals surface area (Å²) in [5.41, 5.74) is 3.50. The van der Waals surface area contributed by atoms with Crippen molar-refractivity contribution in [3.05, 3.63) is 22.8 Å². The Hall–Kier alpha value is -1.51. The molecule has 4 rings (SSSR count). The molecule has 0 bridgehead atoms. The number of allylic oxidation sites excluding steroid dienone is 4. The van der Waals surface area contributed by atoms with Gasteiger partial charge in [0, 0.05) is 30.1 Å². The second kappa shape index (κ2) is 5.25. The van der Waals surface area contributed by atoms with Gasteiger partial charge in [-0.1, -0.05) is 30.6 Å². The fourth-order valence-corrected chi connectivity index (χ4v) is 6.84. The number of fused-ring (bicyclic) bond motifs is 5. The van der Waals surface area contributed by atoms with Crippen LogP contribution in [0.2, 0.25) is 0 Å². The van der Waals surface area contributed by atoms with E-state index in [0.717, 1.165) is 25.7 Å². The predicted molar refractivity (Wildman–Crippen MR) is 95.9 cm³/mol. The Kier molecular flexibility index (Phi) is 3.55. The van der Waals surface area contributed by atoms with Crippen LogP contribution < -0.4 is 0 Å². The summed E-state index contributed by atoms with van der Waals surface area (Å²) in [4.78, 5) is 37.5. The van der Waals surface area contributed by atoms with Gasteiger partial charge in [0.15, 0.2) is 5.78 Å². The lowest BCUT2D eigenvalue weighted by molar-refractivity contribution is -0.138. The SMILES string of the molecule is CC(=O)[C@H]1CC(C)=C2[C@@H]3CCC4=CC(=O)CC[C@]4(C)[C@H]3C(=O)C[C@@]21C. The Balaban J connectivity index is 1.81. The molecule has 0 amide bonds. The van der Waals surface area contributed by atoms with Gasteiger partial charge in [-0.2, -0.15) is 0 Å². The minimum Gasteiger partial charge on any atom is -0.300 e. The second-order valence-corrected chi connectivity index (χ2v) is 9.30. The Labute approximate surface area is 149 Å². The highest BCUT2D eigenvalue weighted by molar-refractivity contribution is 5.94. The molecule has 3 nitrogen and oxygen atoms in total. The van der Waals surface area contributed by atoms with E-state index in [9.17, 15) is 14.4 Å². The van der Waals surface area contributed by atoms with Crippen LogP contribution in [0.3, 0.4) is 0 Å². The number of Topliss-reactive ketones (excluding diaryl/α,β-unsaturated/α-hetero) is 2. The van der Waals surface area contributed by atoms with Crippen molar-refractivity contribution in [3.8, 4) is 0 Å². The molecule has 0 heterocycles. The molecule has 0 aromatic carbocycles. The van der Waals surface area contributed by atoms with Crippen molar-refractivity contribution in [2.45, 2.75) is 66.2 Å². The lowest BCUT2D eigenvalue weighted by Gasteiger charge is -2.55. The normalized spacial score (nSPS) is 43.4. The van der Waals surface area contributed by atoms with E-state index in [4.69, 9.17) is 0 Å². The molecular formula is C22H28O3. The highest BCUT2D eigenvalue weighted by atomic mass is 16.1. The third-order valence-corrected chi connectivity index (χ3v) is 7.88. The van der Waals surface area contributed by atoms with Crippen LogP contribution in [-0.2, 0) is 14.4 Å². The molecule has 4 aliphatic rings. The summed E-state index contributed by atoms with van der Waals surface area (Å²) in [7, 11) is 0. The summed E-state index contributed by atoms with van der Waals surface area (Å²) in [6, 6.07) is 0. The van der Waals surface area contributed by atoms with Crippen LogP contribution in [-0.4, -0.2) is 17.3 Å². The van der Waals surface area contributed by atoms with Crippen molar-refractivity contribution in [1.29, 1.82) is 0 Å². The smallest absolute Gasteiger partial charge is 0.155 e. The monoisotopic (exact) mass is 340 g/mol. The summed E-state index contributed by atoms with van der Waals surface area (Å²) < 4.78 is 0. The second-order valence-electron chi connectivity index (χ2n) is 9.30. The third-order valence-electron chi connectivity index (χ3n) is 7.88. The number of carbonyl (C=O) groups excluding carboxylic acids is 3. The maximum atomic E-state index is 13.3. The van der Waals surface area contributed by atoms with Crippen LogP contribution in [0.5, 0.6) is 0 Å². The van der Waals surface area contributed by atoms with E-state index >= 15 is 0 Å². The van der Waals surface area contributed by atoms with E-state index in [1.54, 1.807) is 6.92 Å². The average Bonchev–Trinajstić information content (AvgIpc) is 2.78. The minimum atomic E-state index is -0.282. The van der Waals surface area contributed by atoms with Gasteiger partial charge in [0.1, 0.15) is 11.6 Å². The minimum absolute atomic E-state index is 0.00988. The Morgan fingerprint density at radius 3 is 2.56 bits per heavy atom. The first kappa shape index (κ1) is 16.9. The molecule has 0 saturated heterocycles. The largest absolute Gasteiger partial charge is 0.300 e. The molecule has 0 unspecified atom stereocenters. The number of ketones is 3. The molecule has 2 saturated carbocycles. The fraction of sp³-hybridized carbons (Fsp3) is 0.682. The van der Waals surface area contributed by atoms with E-state index in [1.807, 2.05) is 6.08 Å². The maximum Gasteiger partial charge on any atom is 0.155 e. The quantitative estimate of drug-likeness (QED) is 0.672. The molecule has 25 heavy (non-hydrogen) atoms. The number of rotatable bonds is 1. The van der Waals surface area contributed by atoms with Crippen LogP contribution in [0, 0.1) is 28.6 Å². The van der Waals surface area contributed by atoms with Gasteiger partial charge in [0.2, 0.25) is 0 Å². The summed E-state index contributed by atoms with van der Waals surface area (Å²) in [5.74, 6) is 0.959. The number of hydrogen-bond donors (Lipinski definition) is 0. The molecule has 2 fully saturated rings. The lowest BCUT2D eigenvalue weighted by atomic mass is 9.47. The molecule has 0 aromatic heterocycles. The molecule has 0 aromatic rings. The van der Waals surface area contributed by atoms with Gasteiger partial charge >= 0.3 is 0 Å². The van der Waals surface area contributed by atoms with Crippen molar-refractivity contribution in [2.24, 2.45) is 28.6 Å². The number of hydrogen-bond acceptors (Lipinski definition) is 3. The fourth-order valence-electron chi connectivity index (χ4n) is 6.84. The van der Waals surface area contributed by atoms with Crippen LogP contribution in [0.1, 0.15) is 66.2 Å². The van der Waals surface area contributed by atoms with Gasteiger partial charge in [-0.05, 0) is 56.9 Å². The molecule has 0 radical (unpaired) electrons. The van der Waals surface area contributed by atoms with Gasteiger partial charge in [-0.15, -0.1) is 0 Å². The zero-order chi connectivity index (χ0) is 18.1. The first-order chi connectivity index (χ1) is 11.7. The van der Waals surface area contributed by atoms with Crippen molar-refractivity contribution < 1.29 is 14.4 Å². The van der Waals surface area contributed by atoms with Crippen LogP contribution in [0.4, 0.5) is 0 Å². The Morgan fingerprint density at radius 2 is 1.88 bits per heavy atom. The van der Waals surface area contributed by atoms with Gasteiger partial charge in [0.05, 0.1) is 0 Å². The molecule has 0 spiro atoms. The molecule has 0 N–H and O–H groups in total. The zero-order valence-electron chi connectivity index (χ0n) is 15.8. The molecule has 4 aliphatic carbocycles. The van der Waals surface area contributed by atoms with E-state index in [-0.39, 0.29) is 40.2 Å². The van der Waals surface area contributed by atoms with Crippen molar-refractivity contribution in [3.63, 3.8) is 0 Å². The third kappa shape index (κ3) is 2.14. The topological polar surface area (TPSA) is 51.2 Å². The first-order valence-electron chi connectivity index (χ1n) is 9.65. The molecule has 134 valence electrons. The van der Waals surface area contributed by atoms with Crippen LogP contribution in [0.25, 0.3) is 0 Å². The standard InChI is InChI=1S/C22H28O3/c1-12-9-17(13(2)23)22(4)11-18(25)20-16(19(12)22)6-5-14-10-15(24)7-8-21(14,20)3/h10,16-17,20H,5-9,11H2,1-4H3/t16-,17+,20+,21-,22+/m0/s1. The Morgan fingerprint density at radius 1 is 1.16 bits per heavy atom. The van der Waals surface area contributed by atoms with Gasteiger partial charge in [0.25, 0.3) is 0 Å². The van der Waals surface area contributed by atoms with Gasteiger partial charge < -0.3 is 0 Å². The predicted octanol–water partition coefficient (Wildman–Crippen LogP) is 4.21. The highest BCUT2D eigenvalue weighted by Gasteiger charge is 2.60. The van der Waals surface area contributed by atoms with E-state index in [0.29, 0.717) is 18.6 Å². The summed E-state index contributed by atoms with van der Waals surface area (Å²) >= 11 is 0. The Bertz CT molecular complexity index is 755. The van der Waals surface area contributed by atoms with Crippen LogP contribution >= 0.6 is 0 Å². The number of carbonyl (C=O) groups is 3. The summed E-state index contributed by atoms with van der Waals surface area (Å²) in [6.07, 6.45) is 6.34. The van der Waals surface area contributed by atoms with Crippen molar-refractivity contribution in [1.82, 2.24) is 0 Å². The van der Waals surface area contributed by atoms with Crippen LogP contribution in [0.15, 0.2) is 22.8 Å². The average molecular weight is 340 g/mol. The van der Waals surface area contributed by atoms with Gasteiger partial charge in [-0.3, -0.25) is 14.4 Å². The van der Waals surface area contributed by atoms with Gasteiger partial charge in [-0.25, -0.2) is 0 Å². The van der Waals surface area contributed by atoms with E-state index in [1.165, 1.54) is 16.7 Å². The van der Waals surface area contributed by atoms with E-state index in [2.05, 4.69) is 20.8 Å². The summed E-state index contributed by atoms with van der Waals surface area (Å²) in [5, 5.41) is 0. The highest BCUT2D eigenvalue weighted by Crippen LogP contribution is 2.65. The molecule has 3 heteroatoms. The zero-order valence-corrected chi connectivity index (χ0v) is 15.8. The molecule has 5 atom stereocenters. The molecular weight excluding hydrogens is 312 g/mol. The van der Waals surface area contributed by atoms with Crippen molar-refractivity contribution >= 4 is 17.3 Å². The lowest BCUT2D eigenvalue weighted by Crippen LogP contribution is -2.53. The maximum absolute atomic E-state index is 13.3. The summed E-state index contributed by atoms with van der Waals surface area (Å²) in [6.45, 7) is 8.20.